The van der Waals surface area contributed by atoms with Gasteiger partial charge < -0.3 is 9.32 Å². The minimum absolute atomic E-state index is 0.0387. The highest BCUT2D eigenvalue weighted by molar-refractivity contribution is 5.93. The summed E-state index contributed by atoms with van der Waals surface area (Å²) >= 11 is 0. The van der Waals surface area contributed by atoms with E-state index in [1.807, 2.05) is 61.2 Å². The number of oxazole rings is 1. The molecule has 1 fully saturated rings. The lowest BCUT2D eigenvalue weighted by Crippen LogP contribution is -2.41. The highest BCUT2D eigenvalue weighted by Gasteiger charge is 2.32. The van der Waals surface area contributed by atoms with Crippen LogP contribution in [-0.2, 0) is 0 Å². The number of fused-ring (bicyclic) bond motifs is 1. The maximum absolute atomic E-state index is 13.5. The van der Waals surface area contributed by atoms with Crippen molar-refractivity contribution in [1.29, 1.82) is 0 Å². The zero-order valence-electron chi connectivity index (χ0n) is 23.3. The third-order valence-corrected chi connectivity index (χ3v) is 7.95. The smallest absolute Gasteiger partial charge is 0.272 e. The second-order valence-electron chi connectivity index (χ2n) is 10.7. The molecule has 0 bridgehead atoms. The zero-order chi connectivity index (χ0) is 28.6. The summed E-state index contributed by atoms with van der Waals surface area (Å²) in [6.45, 7) is 5.06. The molecule has 1 atom stereocenters. The molecule has 2 aromatic carbocycles. The second kappa shape index (κ2) is 10.7. The Kier molecular flexibility index (Phi) is 6.54. The van der Waals surface area contributed by atoms with Crippen LogP contribution in [-0.4, -0.2) is 64.3 Å². The van der Waals surface area contributed by atoms with Crippen LogP contribution in [0, 0.1) is 19.8 Å². The molecule has 1 aliphatic rings. The summed E-state index contributed by atoms with van der Waals surface area (Å²) in [5, 5.41) is 20.0. The molecule has 5 heterocycles. The van der Waals surface area contributed by atoms with E-state index >= 15 is 0 Å². The van der Waals surface area contributed by atoms with Gasteiger partial charge in [0.2, 0.25) is 5.89 Å². The number of piperidine rings is 1. The molecule has 1 unspecified atom stereocenters. The number of pyridine rings is 1. The van der Waals surface area contributed by atoms with Crippen molar-refractivity contribution in [1.82, 2.24) is 45.3 Å². The van der Waals surface area contributed by atoms with Gasteiger partial charge in [0.1, 0.15) is 17.3 Å². The lowest BCUT2D eigenvalue weighted by Gasteiger charge is -2.35. The first-order chi connectivity index (χ1) is 20.5. The first kappa shape index (κ1) is 25.8. The molecule has 0 aliphatic carbocycles. The van der Waals surface area contributed by atoms with Gasteiger partial charge >= 0.3 is 0 Å². The summed E-state index contributed by atoms with van der Waals surface area (Å²) in [4.78, 5) is 26.3. The molecule has 1 saturated heterocycles. The van der Waals surface area contributed by atoms with Crippen molar-refractivity contribution in [2.75, 3.05) is 13.1 Å². The number of carbonyl (C=O) groups excluding carboxylic acids is 1. The van der Waals surface area contributed by atoms with Gasteiger partial charge in [0, 0.05) is 36.1 Å². The van der Waals surface area contributed by atoms with Crippen LogP contribution < -0.4 is 0 Å². The van der Waals surface area contributed by atoms with Gasteiger partial charge in [-0.15, -0.1) is 10.2 Å². The number of hydrogen-bond donors (Lipinski definition) is 1. The van der Waals surface area contributed by atoms with Crippen molar-refractivity contribution in [2.45, 2.75) is 32.7 Å². The number of rotatable bonds is 6. The van der Waals surface area contributed by atoms with Crippen LogP contribution in [0.1, 0.15) is 46.5 Å². The summed E-state index contributed by atoms with van der Waals surface area (Å²) in [5.41, 5.74) is 6.64. The molecule has 1 aliphatic heterocycles. The Morgan fingerprint density at radius 2 is 1.86 bits per heavy atom. The molecular weight excluding hydrogens is 530 g/mol. The number of aromatic amines is 1. The number of nitrogens with one attached hydrogen (secondary N) is 1. The van der Waals surface area contributed by atoms with Gasteiger partial charge in [-0.05, 0) is 73.2 Å². The summed E-state index contributed by atoms with van der Waals surface area (Å²) in [6.07, 6.45) is 5.06. The zero-order valence-corrected chi connectivity index (χ0v) is 23.3. The van der Waals surface area contributed by atoms with Gasteiger partial charge in [-0.1, -0.05) is 36.4 Å². The maximum atomic E-state index is 13.5. The lowest BCUT2D eigenvalue weighted by molar-refractivity contribution is 0.0658. The fraction of sp³-hybridized carbons (Fsp3) is 0.258. The fourth-order valence-electron chi connectivity index (χ4n) is 5.78. The molecule has 4 aromatic heterocycles. The van der Waals surface area contributed by atoms with E-state index in [4.69, 9.17) is 9.40 Å². The predicted octanol–water partition coefficient (Wildman–Crippen LogP) is 5.03. The summed E-state index contributed by atoms with van der Waals surface area (Å²) in [5.74, 6) is 1.25. The SMILES string of the molecule is Cc1nnn(C(c2ccccc2)C2CCN(C(=O)c3cc(-c4nc5cc(-c6cn[nH]c6C)ccc5o4)ccn3)CC2)n1. The molecule has 210 valence electrons. The van der Waals surface area contributed by atoms with Crippen molar-refractivity contribution in [2.24, 2.45) is 5.92 Å². The van der Waals surface area contributed by atoms with Crippen LogP contribution in [0.4, 0.5) is 0 Å². The van der Waals surface area contributed by atoms with Crippen LogP contribution in [0.5, 0.6) is 0 Å². The summed E-state index contributed by atoms with van der Waals surface area (Å²) in [6, 6.07) is 19.7. The van der Waals surface area contributed by atoms with Crippen molar-refractivity contribution >= 4 is 17.0 Å². The van der Waals surface area contributed by atoms with Crippen molar-refractivity contribution < 1.29 is 9.21 Å². The van der Waals surface area contributed by atoms with Gasteiger partial charge in [0.25, 0.3) is 5.91 Å². The quantitative estimate of drug-likeness (QED) is 0.301. The van der Waals surface area contributed by atoms with E-state index in [-0.39, 0.29) is 17.9 Å². The number of amides is 1. The Bertz CT molecular complexity index is 1870. The molecule has 1 N–H and O–H groups in total. The molecular formula is C31H29N9O2. The minimum atomic E-state index is -0.102. The van der Waals surface area contributed by atoms with Crippen molar-refractivity contribution in [3.63, 3.8) is 0 Å². The Morgan fingerprint density at radius 3 is 2.60 bits per heavy atom. The number of likely N-dealkylation sites (tertiary alicyclic amines) is 1. The molecule has 0 spiro atoms. The number of benzene rings is 2. The van der Waals surface area contributed by atoms with Crippen molar-refractivity contribution in [3.8, 4) is 22.6 Å². The highest BCUT2D eigenvalue weighted by Crippen LogP contribution is 2.34. The largest absolute Gasteiger partial charge is 0.436 e. The third-order valence-electron chi connectivity index (χ3n) is 7.95. The third kappa shape index (κ3) is 4.83. The van der Waals surface area contributed by atoms with E-state index in [1.54, 1.807) is 23.3 Å². The van der Waals surface area contributed by atoms with E-state index in [0.717, 1.165) is 40.7 Å². The van der Waals surface area contributed by atoms with Crippen molar-refractivity contribution in [3.05, 3.63) is 95.8 Å². The van der Waals surface area contributed by atoms with E-state index in [0.29, 0.717) is 41.6 Å². The second-order valence-corrected chi connectivity index (χ2v) is 10.7. The normalized spacial score (nSPS) is 14.9. The number of aromatic nitrogens is 8. The topological polar surface area (TPSA) is 132 Å². The number of H-pyrrole nitrogens is 1. The van der Waals surface area contributed by atoms with Crippen LogP contribution in [0.25, 0.3) is 33.7 Å². The highest BCUT2D eigenvalue weighted by atomic mass is 16.3. The van der Waals surface area contributed by atoms with Gasteiger partial charge in [0.05, 0.1) is 6.20 Å². The first-order valence-corrected chi connectivity index (χ1v) is 14.0. The van der Waals surface area contributed by atoms with E-state index in [2.05, 4.69) is 42.7 Å². The monoisotopic (exact) mass is 559 g/mol. The number of carbonyl (C=O) groups is 1. The summed E-state index contributed by atoms with van der Waals surface area (Å²) < 4.78 is 6.06. The molecule has 7 rings (SSSR count). The molecule has 0 radical (unpaired) electrons. The average Bonchev–Trinajstić information content (AvgIpc) is 3.77. The lowest BCUT2D eigenvalue weighted by atomic mass is 9.85. The molecule has 6 aromatic rings. The Morgan fingerprint density at radius 1 is 1.02 bits per heavy atom. The van der Waals surface area contributed by atoms with E-state index in [9.17, 15) is 4.79 Å². The fourth-order valence-corrected chi connectivity index (χ4v) is 5.78. The number of nitrogens with zero attached hydrogens (tertiary/aromatic N) is 8. The van der Waals surface area contributed by atoms with Crippen LogP contribution >= 0.6 is 0 Å². The minimum Gasteiger partial charge on any atom is -0.436 e. The predicted molar refractivity (Wildman–Crippen MR) is 155 cm³/mol. The molecule has 42 heavy (non-hydrogen) atoms. The van der Waals surface area contributed by atoms with Gasteiger partial charge in [0.15, 0.2) is 11.4 Å². The van der Waals surface area contributed by atoms with Gasteiger partial charge in [-0.3, -0.25) is 14.9 Å². The first-order valence-electron chi connectivity index (χ1n) is 14.0. The summed E-state index contributed by atoms with van der Waals surface area (Å²) in [7, 11) is 0. The van der Waals surface area contributed by atoms with Crippen LogP contribution in [0.3, 0.4) is 0 Å². The van der Waals surface area contributed by atoms with Gasteiger partial charge in [-0.25, -0.2) is 4.98 Å². The molecule has 0 saturated carbocycles. The number of aryl methyl sites for hydroxylation is 2. The van der Waals surface area contributed by atoms with Gasteiger partial charge in [-0.2, -0.15) is 9.90 Å². The molecule has 11 nitrogen and oxygen atoms in total. The average molecular weight is 560 g/mol. The Hall–Kier alpha value is -5.19. The molecule has 11 heteroatoms. The number of hydrogen-bond acceptors (Lipinski definition) is 8. The molecule has 1 amide bonds. The Balaban J connectivity index is 1.08. The van der Waals surface area contributed by atoms with Crippen LogP contribution in [0.2, 0.25) is 0 Å². The van der Waals surface area contributed by atoms with Crippen LogP contribution in [0.15, 0.2) is 77.5 Å². The van der Waals surface area contributed by atoms with E-state index in [1.165, 1.54) is 0 Å². The van der Waals surface area contributed by atoms with E-state index < -0.39 is 0 Å². The number of tetrazole rings is 1. The standard InChI is InChI=1S/C31H29N9O2/c1-19-25(18-33-35-19)23-8-9-28-26(16-23)34-30(42-28)24-10-13-32-27(17-24)31(41)39-14-11-22(12-15-39)29(21-6-4-3-5-7-21)40-37-20(2)36-38-40/h3-10,13,16-18,22,29H,11-12,14-15H2,1-2H3,(H,33,35). The Labute approximate surface area is 241 Å². The maximum Gasteiger partial charge on any atom is 0.272 e.